The Hall–Kier alpha value is -3.01. The minimum Gasteiger partial charge on any atom is -0.280 e. The van der Waals surface area contributed by atoms with E-state index in [0.717, 1.165) is 25.0 Å². The van der Waals surface area contributed by atoms with Crippen molar-refractivity contribution < 1.29 is 13.3 Å². The van der Waals surface area contributed by atoms with Crippen molar-refractivity contribution in [1.82, 2.24) is 15.0 Å². The maximum atomic E-state index is 12.5. The van der Waals surface area contributed by atoms with Crippen LogP contribution in [0.25, 0.3) is 11.0 Å². The van der Waals surface area contributed by atoms with Crippen molar-refractivity contribution in [1.29, 1.82) is 0 Å². The Morgan fingerprint density at radius 3 is 2.37 bits per heavy atom. The molecule has 2 aromatic carbocycles. The molecule has 0 saturated heterocycles. The van der Waals surface area contributed by atoms with Gasteiger partial charge in [-0.25, -0.2) is 8.42 Å². The van der Waals surface area contributed by atoms with Crippen LogP contribution in [0.2, 0.25) is 0 Å². The van der Waals surface area contributed by atoms with E-state index in [4.69, 9.17) is 0 Å². The number of non-ortho nitro benzene ring substituents is 1. The van der Waals surface area contributed by atoms with Gasteiger partial charge in [-0.3, -0.25) is 14.8 Å². The van der Waals surface area contributed by atoms with Gasteiger partial charge in [0.25, 0.3) is 15.7 Å². The summed E-state index contributed by atoms with van der Waals surface area (Å²) in [4.78, 5) is 11.8. The number of sulfonamides is 1. The number of rotatable bonds is 5. The number of fused-ring (bicyclic) bond motifs is 1. The van der Waals surface area contributed by atoms with Gasteiger partial charge in [0.05, 0.1) is 21.5 Å². The van der Waals surface area contributed by atoms with E-state index in [1.54, 1.807) is 23.0 Å². The summed E-state index contributed by atoms with van der Waals surface area (Å²) in [6.07, 6.45) is 4.45. The fraction of sp³-hybridized carbons (Fsp3) is 0.294. The molecular weight excluding hydrogens is 370 g/mol. The van der Waals surface area contributed by atoms with E-state index in [1.165, 1.54) is 25.0 Å². The van der Waals surface area contributed by atoms with Gasteiger partial charge in [-0.2, -0.15) is 15.0 Å². The Bertz CT molecular complexity index is 1100. The van der Waals surface area contributed by atoms with Crippen LogP contribution in [0.1, 0.15) is 31.7 Å². The number of aromatic nitrogens is 3. The van der Waals surface area contributed by atoms with Gasteiger partial charge in [0, 0.05) is 12.1 Å². The quantitative estimate of drug-likeness (QED) is 0.530. The molecule has 1 N–H and O–H groups in total. The normalized spacial score (nSPS) is 15.3. The molecule has 9 nitrogen and oxygen atoms in total. The van der Waals surface area contributed by atoms with Gasteiger partial charge in [0.1, 0.15) is 11.0 Å². The minimum atomic E-state index is -3.86. The third-order valence-corrected chi connectivity index (χ3v) is 6.05. The van der Waals surface area contributed by atoms with Crippen LogP contribution in [-0.2, 0) is 10.0 Å². The molecule has 0 aliphatic heterocycles. The average Bonchev–Trinajstić information content (AvgIpc) is 3.30. The molecule has 27 heavy (non-hydrogen) atoms. The third-order valence-electron chi connectivity index (χ3n) is 4.66. The second-order valence-electron chi connectivity index (χ2n) is 6.52. The van der Waals surface area contributed by atoms with Gasteiger partial charge in [-0.15, -0.1) is 0 Å². The molecule has 4 rings (SSSR count). The van der Waals surface area contributed by atoms with Crippen molar-refractivity contribution in [2.24, 2.45) is 0 Å². The predicted octanol–water partition coefficient (Wildman–Crippen LogP) is 3.26. The third kappa shape index (κ3) is 3.47. The molecule has 0 radical (unpaired) electrons. The Kier molecular flexibility index (Phi) is 4.27. The van der Waals surface area contributed by atoms with E-state index >= 15 is 0 Å². The molecule has 1 saturated carbocycles. The molecule has 0 atom stereocenters. The molecular formula is C17H17N5O4S. The number of benzene rings is 2. The minimum absolute atomic E-state index is 0.0530. The summed E-state index contributed by atoms with van der Waals surface area (Å²) in [5.74, 6) is 0. The smallest absolute Gasteiger partial charge is 0.269 e. The van der Waals surface area contributed by atoms with Gasteiger partial charge in [0.15, 0.2) is 0 Å². The topological polar surface area (TPSA) is 120 Å². The Labute approximate surface area is 155 Å². The van der Waals surface area contributed by atoms with E-state index in [2.05, 4.69) is 14.9 Å². The van der Waals surface area contributed by atoms with Crippen LogP contribution in [0.15, 0.2) is 47.4 Å². The summed E-state index contributed by atoms with van der Waals surface area (Å²) in [5, 5.41) is 19.7. The molecule has 1 fully saturated rings. The highest BCUT2D eigenvalue weighted by atomic mass is 32.2. The van der Waals surface area contributed by atoms with Gasteiger partial charge in [0.2, 0.25) is 0 Å². The summed E-state index contributed by atoms with van der Waals surface area (Å²) in [7, 11) is -3.86. The lowest BCUT2D eigenvalue weighted by Crippen LogP contribution is -2.12. The first-order chi connectivity index (χ1) is 12.9. The lowest BCUT2D eigenvalue weighted by atomic mass is 10.3. The maximum absolute atomic E-state index is 12.5. The molecule has 1 aliphatic carbocycles. The molecule has 0 unspecified atom stereocenters. The first-order valence-corrected chi connectivity index (χ1v) is 10.0. The lowest BCUT2D eigenvalue weighted by Gasteiger charge is -2.07. The number of hydrogen-bond donors (Lipinski definition) is 1. The molecule has 10 heteroatoms. The summed E-state index contributed by atoms with van der Waals surface area (Å²) >= 11 is 0. The first-order valence-electron chi connectivity index (χ1n) is 8.56. The van der Waals surface area contributed by atoms with Gasteiger partial charge < -0.3 is 0 Å². The van der Waals surface area contributed by atoms with Crippen LogP contribution >= 0.6 is 0 Å². The number of hydrogen-bond acceptors (Lipinski definition) is 6. The first kappa shape index (κ1) is 17.4. The van der Waals surface area contributed by atoms with E-state index in [9.17, 15) is 18.5 Å². The molecule has 1 heterocycles. The Balaban J connectivity index is 1.59. The standard InChI is InChI=1S/C17H17N5O4S/c23-22(24)14-6-8-15(9-7-14)27(25,26)20-12-5-10-16-17(11-12)19-21(18-16)13-3-1-2-4-13/h5-11,13,20H,1-4H2. The van der Waals surface area contributed by atoms with Crippen molar-refractivity contribution in [3.8, 4) is 0 Å². The van der Waals surface area contributed by atoms with Crippen LogP contribution in [0.4, 0.5) is 11.4 Å². The maximum Gasteiger partial charge on any atom is 0.269 e. The number of nitro benzene ring substituents is 1. The molecule has 0 bridgehead atoms. The van der Waals surface area contributed by atoms with Crippen molar-refractivity contribution in [2.45, 2.75) is 36.6 Å². The molecule has 0 spiro atoms. The van der Waals surface area contributed by atoms with E-state index in [1.807, 2.05) is 0 Å². The van der Waals surface area contributed by atoms with Gasteiger partial charge >= 0.3 is 0 Å². The summed E-state index contributed by atoms with van der Waals surface area (Å²) < 4.78 is 27.5. The molecule has 0 amide bonds. The van der Waals surface area contributed by atoms with Crippen LogP contribution in [0, 0.1) is 10.1 Å². The van der Waals surface area contributed by atoms with E-state index in [0.29, 0.717) is 22.8 Å². The summed E-state index contributed by atoms with van der Waals surface area (Å²) in [6, 6.07) is 10.0. The molecule has 3 aromatic rings. The summed E-state index contributed by atoms with van der Waals surface area (Å²) in [5.41, 5.74) is 1.52. The summed E-state index contributed by atoms with van der Waals surface area (Å²) in [6.45, 7) is 0. The van der Waals surface area contributed by atoms with Crippen LogP contribution in [-0.4, -0.2) is 28.3 Å². The van der Waals surface area contributed by atoms with Crippen molar-refractivity contribution in [2.75, 3.05) is 4.72 Å². The fourth-order valence-electron chi connectivity index (χ4n) is 3.25. The van der Waals surface area contributed by atoms with Crippen molar-refractivity contribution in [3.05, 3.63) is 52.6 Å². The monoisotopic (exact) mass is 387 g/mol. The van der Waals surface area contributed by atoms with E-state index < -0.39 is 14.9 Å². The number of nitrogens with one attached hydrogen (secondary N) is 1. The van der Waals surface area contributed by atoms with Crippen molar-refractivity contribution >= 4 is 32.4 Å². The zero-order valence-electron chi connectivity index (χ0n) is 14.3. The largest absolute Gasteiger partial charge is 0.280 e. The van der Waals surface area contributed by atoms with Gasteiger partial charge in [-0.1, -0.05) is 12.8 Å². The second-order valence-corrected chi connectivity index (χ2v) is 8.20. The van der Waals surface area contributed by atoms with E-state index in [-0.39, 0.29) is 10.6 Å². The zero-order valence-corrected chi connectivity index (χ0v) is 15.1. The highest BCUT2D eigenvalue weighted by Gasteiger charge is 2.20. The second kappa shape index (κ2) is 6.62. The number of nitro groups is 1. The molecule has 1 aliphatic rings. The van der Waals surface area contributed by atoms with Crippen LogP contribution in [0.3, 0.4) is 0 Å². The molecule has 1 aromatic heterocycles. The van der Waals surface area contributed by atoms with Crippen LogP contribution < -0.4 is 4.72 Å². The highest BCUT2D eigenvalue weighted by Crippen LogP contribution is 2.29. The lowest BCUT2D eigenvalue weighted by molar-refractivity contribution is -0.384. The average molecular weight is 387 g/mol. The fourth-order valence-corrected chi connectivity index (χ4v) is 4.30. The number of nitrogens with zero attached hydrogens (tertiary/aromatic N) is 4. The van der Waals surface area contributed by atoms with Crippen LogP contribution in [0.5, 0.6) is 0 Å². The molecule has 140 valence electrons. The predicted molar refractivity (Wildman–Crippen MR) is 98.9 cm³/mol. The Morgan fingerprint density at radius 2 is 1.70 bits per heavy atom. The zero-order chi connectivity index (χ0) is 19.0. The number of anilines is 1. The Morgan fingerprint density at radius 1 is 1.04 bits per heavy atom. The van der Waals surface area contributed by atoms with Crippen molar-refractivity contribution in [3.63, 3.8) is 0 Å². The highest BCUT2D eigenvalue weighted by molar-refractivity contribution is 7.92. The SMILES string of the molecule is O=[N+]([O-])c1ccc(S(=O)(=O)Nc2ccc3nn(C4CCCC4)nc3c2)cc1. The van der Waals surface area contributed by atoms with Gasteiger partial charge in [-0.05, 0) is 43.2 Å².